The van der Waals surface area contributed by atoms with Gasteiger partial charge in [0.25, 0.3) is 0 Å². The molecule has 0 radical (unpaired) electrons. The number of carbonyl (C=O) groups is 3. The van der Waals surface area contributed by atoms with E-state index >= 15 is 0 Å². The fourth-order valence-electron chi connectivity index (χ4n) is 2.37. The molecule has 1 rings (SSSR count). The number of carbonyl (C=O) groups excluding carboxylic acids is 3. The molecule has 2 amide bonds. The van der Waals surface area contributed by atoms with E-state index in [0.29, 0.717) is 12.8 Å². The van der Waals surface area contributed by atoms with Crippen molar-refractivity contribution in [2.24, 2.45) is 0 Å². The van der Waals surface area contributed by atoms with Crippen LogP contribution < -0.4 is 0 Å². The molecule has 0 N–H and O–H groups in total. The first kappa shape index (κ1) is 25.9. The van der Waals surface area contributed by atoms with Crippen LogP contribution in [0.25, 0.3) is 0 Å². The molecule has 0 saturated carbocycles. The predicted octanol–water partition coefficient (Wildman–Crippen LogP) is 4.84. The molecular formula is C18H29Cl3N2O6. The summed E-state index contributed by atoms with van der Waals surface area (Å²) in [5.74, 6) is -0.809. The highest BCUT2D eigenvalue weighted by Crippen LogP contribution is 2.29. The van der Waals surface area contributed by atoms with Crippen molar-refractivity contribution < 1.29 is 28.6 Å². The van der Waals surface area contributed by atoms with Crippen LogP contribution in [0.5, 0.6) is 0 Å². The Balaban J connectivity index is 3.15. The van der Waals surface area contributed by atoms with E-state index in [1.807, 2.05) is 6.92 Å². The van der Waals surface area contributed by atoms with Crippen LogP contribution in [0.2, 0.25) is 0 Å². The van der Waals surface area contributed by atoms with Crippen LogP contribution in [-0.2, 0) is 19.0 Å². The molecule has 11 heteroatoms. The van der Waals surface area contributed by atoms with Gasteiger partial charge in [0.1, 0.15) is 17.8 Å². The predicted molar refractivity (Wildman–Crippen MR) is 110 cm³/mol. The molecule has 1 saturated heterocycles. The van der Waals surface area contributed by atoms with Crippen LogP contribution in [-0.4, -0.2) is 62.4 Å². The van der Waals surface area contributed by atoms with Gasteiger partial charge >= 0.3 is 18.2 Å². The van der Waals surface area contributed by atoms with E-state index < -0.39 is 45.8 Å². The number of esters is 1. The molecular weight excluding hydrogens is 447 g/mol. The highest BCUT2D eigenvalue weighted by molar-refractivity contribution is 6.67. The van der Waals surface area contributed by atoms with E-state index in [1.54, 1.807) is 34.6 Å². The van der Waals surface area contributed by atoms with E-state index in [0.717, 1.165) is 10.0 Å². The van der Waals surface area contributed by atoms with Gasteiger partial charge in [-0.3, -0.25) is 0 Å². The van der Waals surface area contributed by atoms with Crippen LogP contribution in [0, 0.1) is 0 Å². The highest BCUT2D eigenvalue weighted by atomic mass is 35.6. The van der Waals surface area contributed by atoms with E-state index in [-0.39, 0.29) is 13.0 Å². The average molecular weight is 476 g/mol. The molecule has 8 nitrogen and oxygen atoms in total. The number of amides is 2. The number of hydrogen-bond donors (Lipinski definition) is 0. The van der Waals surface area contributed by atoms with Crippen molar-refractivity contribution >= 4 is 53.0 Å². The van der Waals surface area contributed by atoms with Gasteiger partial charge in [0.2, 0.25) is 3.79 Å². The van der Waals surface area contributed by atoms with Gasteiger partial charge in [-0.05, 0) is 53.9 Å². The molecule has 1 aliphatic rings. The van der Waals surface area contributed by atoms with E-state index in [1.165, 1.54) is 0 Å². The SMILES string of the molecule is CCC(C)(C)OC(=O)N1[C@H](C(=O)OCC(Cl)(Cl)Cl)CCCN1C(=O)OC(C)(C)C. The van der Waals surface area contributed by atoms with Gasteiger partial charge in [-0.1, -0.05) is 41.7 Å². The standard InChI is InChI=1S/C18H29Cl3N2O6/c1-7-17(5,6)29-15(26)23-12(13(24)27-11-18(19,20)21)9-8-10-22(23)14(25)28-16(2,3)4/h12H,7-11H2,1-6H3/t12-/m0/s1. The number of nitrogens with zero attached hydrogens (tertiary/aromatic N) is 2. The summed E-state index contributed by atoms with van der Waals surface area (Å²) < 4.78 is 14.1. The second kappa shape index (κ2) is 9.79. The average Bonchev–Trinajstić information content (AvgIpc) is 2.56. The second-order valence-corrected chi connectivity index (χ2v) is 10.8. The molecule has 0 aromatic carbocycles. The molecule has 1 heterocycles. The van der Waals surface area contributed by atoms with Crippen molar-refractivity contribution in [1.82, 2.24) is 10.0 Å². The van der Waals surface area contributed by atoms with Crippen molar-refractivity contribution in [2.75, 3.05) is 13.2 Å². The Morgan fingerprint density at radius 2 is 1.59 bits per heavy atom. The zero-order valence-corrected chi connectivity index (χ0v) is 19.9. The van der Waals surface area contributed by atoms with Gasteiger partial charge in [0, 0.05) is 6.54 Å². The minimum Gasteiger partial charge on any atom is -0.460 e. The van der Waals surface area contributed by atoms with Gasteiger partial charge < -0.3 is 14.2 Å². The summed E-state index contributed by atoms with van der Waals surface area (Å²) in [4.78, 5) is 38.2. The third-order valence-electron chi connectivity index (χ3n) is 4.06. The van der Waals surface area contributed by atoms with Gasteiger partial charge in [-0.25, -0.2) is 19.4 Å². The number of hydrazine groups is 1. The normalized spacial score (nSPS) is 18.3. The number of ether oxygens (including phenoxy) is 3. The number of alkyl halides is 3. The number of rotatable bonds is 4. The molecule has 1 atom stereocenters. The fourth-order valence-corrected chi connectivity index (χ4v) is 2.54. The van der Waals surface area contributed by atoms with Crippen LogP contribution in [0.3, 0.4) is 0 Å². The maximum absolute atomic E-state index is 12.9. The van der Waals surface area contributed by atoms with Crippen molar-refractivity contribution in [3.8, 4) is 0 Å². The second-order valence-electron chi connectivity index (χ2n) is 8.31. The Labute approximate surface area is 186 Å². The largest absolute Gasteiger partial charge is 0.460 e. The Kier molecular flexibility index (Phi) is 8.75. The maximum Gasteiger partial charge on any atom is 0.430 e. The fraction of sp³-hybridized carbons (Fsp3) is 0.833. The lowest BCUT2D eigenvalue weighted by Crippen LogP contribution is -2.62. The van der Waals surface area contributed by atoms with Crippen LogP contribution in [0.4, 0.5) is 9.59 Å². The molecule has 0 spiro atoms. The molecule has 1 aliphatic heterocycles. The van der Waals surface area contributed by atoms with Gasteiger partial charge in [0.05, 0.1) is 0 Å². The summed E-state index contributed by atoms with van der Waals surface area (Å²) in [6.07, 6.45) is -0.421. The minimum absolute atomic E-state index is 0.171. The Bertz CT molecular complexity index is 616. The van der Waals surface area contributed by atoms with Crippen molar-refractivity contribution in [1.29, 1.82) is 0 Å². The third kappa shape index (κ3) is 8.64. The lowest BCUT2D eigenvalue weighted by Gasteiger charge is -2.43. The molecule has 0 aliphatic carbocycles. The first-order valence-corrected chi connectivity index (χ1v) is 10.5. The Hall–Kier alpha value is -1.12. The first-order chi connectivity index (χ1) is 13.1. The topological polar surface area (TPSA) is 85.4 Å². The molecule has 1 fully saturated rings. The smallest absolute Gasteiger partial charge is 0.430 e. The van der Waals surface area contributed by atoms with Gasteiger partial charge in [-0.2, -0.15) is 5.01 Å². The Morgan fingerprint density at radius 3 is 2.07 bits per heavy atom. The van der Waals surface area contributed by atoms with Gasteiger partial charge in [-0.15, -0.1) is 0 Å². The molecule has 168 valence electrons. The van der Waals surface area contributed by atoms with E-state index in [4.69, 9.17) is 49.0 Å². The van der Waals surface area contributed by atoms with Crippen molar-refractivity contribution in [2.45, 2.75) is 81.8 Å². The lowest BCUT2D eigenvalue weighted by molar-refractivity contribution is -0.162. The number of hydrogen-bond acceptors (Lipinski definition) is 6. The minimum atomic E-state index is -1.80. The van der Waals surface area contributed by atoms with Crippen LogP contribution >= 0.6 is 34.8 Å². The lowest BCUT2D eigenvalue weighted by atomic mass is 10.1. The molecule has 29 heavy (non-hydrogen) atoms. The monoisotopic (exact) mass is 474 g/mol. The first-order valence-electron chi connectivity index (χ1n) is 9.32. The number of halogens is 3. The summed E-state index contributed by atoms with van der Waals surface area (Å²) in [5, 5.41) is 2.00. The molecule has 0 aromatic heterocycles. The molecule has 0 bridgehead atoms. The van der Waals surface area contributed by atoms with Crippen molar-refractivity contribution in [3.05, 3.63) is 0 Å². The third-order valence-corrected chi connectivity index (χ3v) is 4.39. The zero-order valence-electron chi connectivity index (χ0n) is 17.6. The van der Waals surface area contributed by atoms with Crippen LogP contribution in [0.15, 0.2) is 0 Å². The summed E-state index contributed by atoms with van der Waals surface area (Å²) in [6, 6.07) is -1.12. The maximum atomic E-state index is 12.9. The highest BCUT2D eigenvalue weighted by Gasteiger charge is 2.44. The molecule has 0 unspecified atom stereocenters. The van der Waals surface area contributed by atoms with Crippen molar-refractivity contribution in [3.63, 3.8) is 0 Å². The zero-order chi connectivity index (χ0) is 22.6. The quantitative estimate of drug-likeness (QED) is 0.328. The summed E-state index contributed by atoms with van der Waals surface area (Å²) in [7, 11) is 0. The van der Waals surface area contributed by atoms with E-state index in [2.05, 4.69) is 0 Å². The summed E-state index contributed by atoms with van der Waals surface area (Å²) in [5.41, 5.74) is -1.60. The summed E-state index contributed by atoms with van der Waals surface area (Å²) in [6.45, 7) is 10.1. The van der Waals surface area contributed by atoms with Gasteiger partial charge in [0.15, 0.2) is 6.04 Å². The molecule has 0 aromatic rings. The van der Waals surface area contributed by atoms with Crippen LogP contribution in [0.1, 0.15) is 60.8 Å². The van der Waals surface area contributed by atoms with E-state index in [9.17, 15) is 14.4 Å². The summed E-state index contributed by atoms with van der Waals surface area (Å²) >= 11 is 16.9. The Morgan fingerprint density at radius 1 is 1.00 bits per heavy atom.